The molecule has 0 radical (unpaired) electrons. The lowest BCUT2D eigenvalue weighted by Gasteiger charge is -2.08. The van der Waals surface area contributed by atoms with Gasteiger partial charge < -0.3 is 4.72 Å². The zero-order valence-corrected chi connectivity index (χ0v) is 16.9. The van der Waals surface area contributed by atoms with Gasteiger partial charge in [0.05, 0.1) is 16.7 Å². The summed E-state index contributed by atoms with van der Waals surface area (Å²) >= 11 is 1.54. The van der Waals surface area contributed by atoms with E-state index in [0.717, 1.165) is 27.4 Å². The standard InChI is InChI=1S/C15H13N3S.C7H16/c1-11-15(18-19-12-7-3-2-4-8-12)17-14-10-6-5-9-13(14)16-11;1-3-5-7-6-4-2/h2-10H,1H3,(H,17,18);3-7H2,1-2H3. The Labute approximate surface area is 161 Å². The molecule has 2 aromatic carbocycles. The van der Waals surface area contributed by atoms with Crippen LogP contribution in [0, 0.1) is 6.92 Å². The summed E-state index contributed by atoms with van der Waals surface area (Å²) in [4.78, 5) is 10.3. The van der Waals surface area contributed by atoms with Crippen LogP contribution in [0.25, 0.3) is 11.0 Å². The van der Waals surface area contributed by atoms with Gasteiger partial charge in [-0.1, -0.05) is 76.3 Å². The Morgan fingerprint density at radius 2 is 1.35 bits per heavy atom. The Balaban J connectivity index is 0.000000298. The largest absolute Gasteiger partial charge is 0.309 e. The van der Waals surface area contributed by atoms with Crippen molar-refractivity contribution in [3.8, 4) is 0 Å². The number of aryl methyl sites for hydroxylation is 1. The molecule has 0 saturated heterocycles. The van der Waals surface area contributed by atoms with Crippen molar-refractivity contribution in [2.75, 3.05) is 4.72 Å². The molecule has 0 aliphatic rings. The van der Waals surface area contributed by atoms with Crippen molar-refractivity contribution < 1.29 is 0 Å². The van der Waals surface area contributed by atoms with Gasteiger partial charge in [-0.15, -0.1) is 0 Å². The van der Waals surface area contributed by atoms with E-state index in [4.69, 9.17) is 0 Å². The van der Waals surface area contributed by atoms with Crippen LogP contribution in [0.15, 0.2) is 59.5 Å². The monoisotopic (exact) mass is 367 g/mol. The fourth-order valence-corrected chi connectivity index (χ4v) is 3.16. The molecule has 0 bridgehead atoms. The molecule has 1 heterocycles. The number of para-hydroxylation sites is 2. The molecule has 0 amide bonds. The third kappa shape index (κ3) is 6.68. The van der Waals surface area contributed by atoms with Crippen molar-refractivity contribution in [1.29, 1.82) is 0 Å². The third-order valence-corrected chi connectivity index (χ3v) is 4.76. The Morgan fingerprint density at radius 3 is 1.96 bits per heavy atom. The van der Waals surface area contributed by atoms with Crippen LogP contribution in [0.1, 0.15) is 51.6 Å². The molecule has 0 saturated carbocycles. The van der Waals surface area contributed by atoms with E-state index in [0.29, 0.717) is 0 Å². The molecule has 0 unspecified atom stereocenters. The predicted molar refractivity (Wildman–Crippen MR) is 115 cm³/mol. The minimum absolute atomic E-state index is 0.813. The maximum atomic E-state index is 4.60. The van der Waals surface area contributed by atoms with E-state index in [9.17, 15) is 0 Å². The molecule has 3 rings (SSSR count). The van der Waals surface area contributed by atoms with Gasteiger partial charge in [-0.25, -0.2) is 9.97 Å². The number of benzene rings is 2. The zero-order valence-electron chi connectivity index (χ0n) is 16.0. The Hall–Kier alpha value is -2.07. The first-order chi connectivity index (χ1) is 12.7. The van der Waals surface area contributed by atoms with E-state index in [1.165, 1.54) is 32.1 Å². The Kier molecular flexibility index (Phi) is 8.98. The summed E-state index contributed by atoms with van der Waals surface area (Å²) in [6, 6.07) is 18.0. The van der Waals surface area contributed by atoms with Crippen LogP contribution in [0.3, 0.4) is 0 Å². The first kappa shape index (κ1) is 20.2. The number of nitrogens with one attached hydrogen (secondary N) is 1. The topological polar surface area (TPSA) is 37.8 Å². The maximum absolute atomic E-state index is 4.60. The number of nitrogens with zero attached hydrogens (tertiary/aromatic N) is 2. The van der Waals surface area contributed by atoms with Crippen molar-refractivity contribution in [2.45, 2.75) is 57.8 Å². The van der Waals surface area contributed by atoms with Gasteiger partial charge in [0, 0.05) is 4.90 Å². The quantitative estimate of drug-likeness (QED) is 0.359. The summed E-state index contributed by atoms with van der Waals surface area (Å²) in [5.74, 6) is 0.813. The van der Waals surface area contributed by atoms with Crippen molar-refractivity contribution in [2.24, 2.45) is 0 Å². The number of hydrogen-bond acceptors (Lipinski definition) is 4. The van der Waals surface area contributed by atoms with Crippen LogP contribution < -0.4 is 4.72 Å². The highest BCUT2D eigenvalue weighted by atomic mass is 32.2. The molecule has 0 atom stereocenters. The second-order valence-electron chi connectivity index (χ2n) is 6.22. The van der Waals surface area contributed by atoms with E-state index < -0.39 is 0 Å². The molecule has 0 aliphatic carbocycles. The second kappa shape index (κ2) is 11.5. The first-order valence-electron chi connectivity index (χ1n) is 9.45. The minimum Gasteiger partial charge on any atom is -0.309 e. The normalized spacial score (nSPS) is 10.3. The molecule has 1 N–H and O–H groups in total. The fraction of sp³-hybridized carbons (Fsp3) is 0.364. The average Bonchev–Trinajstić information content (AvgIpc) is 2.68. The number of fused-ring (bicyclic) bond motifs is 1. The number of rotatable bonds is 7. The maximum Gasteiger partial charge on any atom is 0.158 e. The van der Waals surface area contributed by atoms with E-state index in [-0.39, 0.29) is 0 Å². The van der Waals surface area contributed by atoms with Gasteiger partial charge in [0.15, 0.2) is 5.82 Å². The molecule has 26 heavy (non-hydrogen) atoms. The average molecular weight is 368 g/mol. The number of aromatic nitrogens is 2. The summed E-state index contributed by atoms with van der Waals surface area (Å²) in [6.45, 7) is 6.46. The van der Waals surface area contributed by atoms with Gasteiger partial charge in [0.2, 0.25) is 0 Å². The van der Waals surface area contributed by atoms with Crippen molar-refractivity contribution in [3.05, 3.63) is 60.3 Å². The molecular weight excluding hydrogens is 338 g/mol. The number of anilines is 1. The van der Waals surface area contributed by atoms with Gasteiger partial charge in [-0.2, -0.15) is 0 Å². The van der Waals surface area contributed by atoms with Crippen LogP contribution in [-0.4, -0.2) is 9.97 Å². The number of unbranched alkanes of at least 4 members (excludes halogenated alkanes) is 4. The molecule has 3 nitrogen and oxygen atoms in total. The Bertz CT molecular complexity index is 771. The van der Waals surface area contributed by atoms with E-state index in [1.54, 1.807) is 11.9 Å². The SMILES string of the molecule is CCCCCCC.Cc1nc2ccccc2nc1NSc1ccccc1. The lowest BCUT2D eigenvalue weighted by Crippen LogP contribution is -1.97. The highest BCUT2D eigenvalue weighted by Crippen LogP contribution is 2.22. The molecule has 0 spiro atoms. The van der Waals surface area contributed by atoms with Crippen LogP contribution >= 0.6 is 11.9 Å². The van der Waals surface area contributed by atoms with Gasteiger partial charge in [-0.3, -0.25) is 0 Å². The van der Waals surface area contributed by atoms with Crippen LogP contribution in [0.2, 0.25) is 0 Å². The van der Waals surface area contributed by atoms with Crippen LogP contribution in [0.5, 0.6) is 0 Å². The minimum atomic E-state index is 0.813. The Morgan fingerprint density at radius 1 is 0.769 bits per heavy atom. The van der Waals surface area contributed by atoms with Gasteiger partial charge in [-0.05, 0) is 43.1 Å². The van der Waals surface area contributed by atoms with Gasteiger partial charge in [0.25, 0.3) is 0 Å². The smallest absolute Gasteiger partial charge is 0.158 e. The highest BCUT2D eigenvalue weighted by Gasteiger charge is 2.04. The summed E-state index contributed by atoms with van der Waals surface area (Å²) in [7, 11) is 0. The van der Waals surface area contributed by atoms with E-state index in [1.807, 2.05) is 49.4 Å². The van der Waals surface area contributed by atoms with Gasteiger partial charge >= 0.3 is 0 Å². The van der Waals surface area contributed by atoms with Crippen LogP contribution in [-0.2, 0) is 0 Å². The highest BCUT2D eigenvalue weighted by molar-refractivity contribution is 8.00. The summed E-state index contributed by atoms with van der Waals surface area (Å²) in [6.07, 6.45) is 7.01. The van der Waals surface area contributed by atoms with Crippen LogP contribution in [0.4, 0.5) is 5.82 Å². The second-order valence-corrected chi connectivity index (χ2v) is 7.10. The summed E-state index contributed by atoms with van der Waals surface area (Å²) in [5.41, 5.74) is 2.74. The summed E-state index contributed by atoms with van der Waals surface area (Å²) < 4.78 is 3.26. The third-order valence-electron chi connectivity index (χ3n) is 3.96. The van der Waals surface area contributed by atoms with E-state index >= 15 is 0 Å². The van der Waals surface area contributed by atoms with Crippen molar-refractivity contribution >= 4 is 28.8 Å². The molecule has 0 fully saturated rings. The predicted octanol–water partition coefficient (Wildman–Crippen LogP) is 7.03. The van der Waals surface area contributed by atoms with Crippen molar-refractivity contribution in [1.82, 2.24) is 9.97 Å². The molecule has 1 aromatic heterocycles. The molecular formula is C22H29N3S. The molecule has 0 aliphatic heterocycles. The first-order valence-corrected chi connectivity index (χ1v) is 10.3. The summed E-state index contributed by atoms with van der Waals surface area (Å²) in [5, 5.41) is 0. The lowest BCUT2D eigenvalue weighted by molar-refractivity contribution is 0.656. The van der Waals surface area contributed by atoms with Gasteiger partial charge in [0.1, 0.15) is 0 Å². The molecule has 4 heteroatoms. The molecule has 3 aromatic rings. The van der Waals surface area contributed by atoms with E-state index in [2.05, 4.69) is 40.7 Å². The van der Waals surface area contributed by atoms with Crippen molar-refractivity contribution in [3.63, 3.8) is 0 Å². The lowest BCUT2D eigenvalue weighted by atomic mass is 10.2. The molecule has 138 valence electrons. The fourth-order valence-electron chi connectivity index (χ4n) is 2.46. The number of hydrogen-bond donors (Lipinski definition) is 1. The zero-order chi connectivity index (χ0) is 18.6.